The number of amides is 3. The van der Waals surface area contributed by atoms with Crippen LogP contribution < -0.4 is 10.1 Å². The van der Waals surface area contributed by atoms with Gasteiger partial charge in [0.1, 0.15) is 18.2 Å². The zero-order valence-electron chi connectivity index (χ0n) is 14.5. The molecule has 6 nitrogen and oxygen atoms in total. The number of fused-ring (bicyclic) bond motifs is 1. The first kappa shape index (κ1) is 17.8. The SMILES string of the molecule is O=C1COc2ccc(C3=C(c4ccc(F)cc4)C(=O)N(CCF)C3=O)cc2N1. The quantitative estimate of drug-likeness (QED) is 0.822. The number of imide groups is 1. The van der Waals surface area contributed by atoms with Crippen LogP contribution in [0.25, 0.3) is 11.1 Å². The number of ether oxygens (including phenoxy) is 1. The molecule has 3 amide bonds. The van der Waals surface area contributed by atoms with Gasteiger partial charge in [-0.05, 0) is 35.4 Å². The molecule has 0 aromatic heterocycles. The molecule has 0 aliphatic carbocycles. The standard InChI is InChI=1S/C20H14F2N2O4/c21-7-8-24-19(26)17(11-1-4-13(22)5-2-11)18(20(24)27)12-3-6-15-14(9-12)23-16(25)10-28-15/h1-6,9H,7-8,10H2,(H,23,25). The van der Waals surface area contributed by atoms with Crippen LogP contribution in [0.3, 0.4) is 0 Å². The van der Waals surface area contributed by atoms with E-state index in [9.17, 15) is 23.2 Å². The Balaban J connectivity index is 1.87. The second kappa shape index (κ2) is 6.88. The first-order chi connectivity index (χ1) is 13.5. The molecule has 2 aliphatic rings. The van der Waals surface area contributed by atoms with Crippen LogP contribution in [0, 0.1) is 5.82 Å². The molecule has 0 fully saturated rings. The van der Waals surface area contributed by atoms with Gasteiger partial charge in [-0.15, -0.1) is 0 Å². The molecule has 8 heteroatoms. The summed E-state index contributed by atoms with van der Waals surface area (Å²) in [4.78, 5) is 38.1. The maximum atomic E-state index is 13.3. The van der Waals surface area contributed by atoms with Crippen LogP contribution in [-0.4, -0.2) is 42.4 Å². The van der Waals surface area contributed by atoms with Crippen molar-refractivity contribution >= 4 is 34.6 Å². The molecule has 0 radical (unpaired) electrons. The van der Waals surface area contributed by atoms with Crippen LogP contribution in [0.5, 0.6) is 5.75 Å². The van der Waals surface area contributed by atoms with E-state index in [0.29, 0.717) is 22.6 Å². The van der Waals surface area contributed by atoms with E-state index in [4.69, 9.17) is 4.74 Å². The van der Waals surface area contributed by atoms with E-state index in [1.54, 1.807) is 12.1 Å². The molecule has 2 aliphatic heterocycles. The van der Waals surface area contributed by atoms with E-state index >= 15 is 0 Å². The van der Waals surface area contributed by atoms with Crippen LogP contribution in [-0.2, 0) is 14.4 Å². The summed E-state index contributed by atoms with van der Waals surface area (Å²) in [5, 5.41) is 2.64. The van der Waals surface area contributed by atoms with Gasteiger partial charge >= 0.3 is 0 Å². The topological polar surface area (TPSA) is 75.7 Å². The number of hydrogen-bond donors (Lipinski definition) is 1. The molecule has 2 aromatic rings. The number of rotatable bonds is 4. The number of carbonyl (C=O) groups is 3. The van der Waals surface area contributed by atoms with Gasteiger partial charge in [-0.3, -0.25) is 19.3 Å². The van der Waals surface area contributed by atoms with Gasteiger partial charge in [-0.1, -0.05) is 18.2 Å². The van der Waals surface area contributed by atoms with E-state index in [1.807, 2.05) is 0 Å². The van der Waals surface area contributed by atoms with E-state index in [2.05, 4.69) is 5.32 Å². The molecule has 28 heavy (non-hydrogen) atoms. The van der Waals surface area contributed by atoms with Crippen LogP contribution in [0.4, 0.5) is 14.5 Å². The fraction of sp³-hybridized carbons (Fsp3) is 0.150. The molecule has 0 bridgehead atoms. The summed E-state index contributed by atoms with van der Waals surface area (Å²) >= 11 is 0. The molecule has 142 valence electrons. The van der Waals surface area contributed by atoms with Crippen molar-refractivity contribution in [1.29, 1.82) is 0 Å². The predicted molar refractivity (Wildman–Crippen MR) is 96.5 cm³/mol. The molecule has 4 rings (SSSR count). The molecule has 2 heterocycles. The Kier molecular flexibility index (Phi) is 4.38. The average molecular weight is 384 g/mol. The number of anilines is 1. The van der Waals surface area contributed by atoms with Crippen molar-refractivity contribution in [3.8, 4) is 5.75 Å². The zero-order chi connectivity index (χ0) is 19.8. The van der Waals surface area contributed by atoms with Crippen LogP contribution in [0.1, 0.15) is 11.1 Å². The molecule has 0 atom stereocenters. The lowest BCUT2D eigenvalue weighted by atomic mass is 9.95. The second-order valence-electron chi connectivity index (χ2n) is 6.26. The summed E-state index contributed by atoms with van der Waals surface area (Å²) in [5.74, 6) is -1.70. The van der Waals surface area contributed by atoms with Crippen molar-refractivity contribution < 1.29 is 27.9 Å². The largest absolute Gasteiger partial charge is 0.482 e. The number of benzene rings is 2. The number of hydrogen-bond acceptors (Lipinski definition) is 4. The molecule has 0 saturated heterocycles. The van der Waals surface area contributed by atoms with Gasteiger partial charge in [0.15, 0.2) is 6.61 Å². The highest BCUT2D eigenvalue weighted by Crippen LogP contribution is 2.38. The van der Waals surface area contributed by atoms with Crippen molar-refractivity contribution in [2.45, 2.75) is 0 Å². The third-order valence-corrected chi connectivity index (χ3v) is 4.51. The lowest BCUT2D eigenvalue weighted by Crippen LogP contribution is -2.33. The maximum Gasteiger partial charge on any atom is 0.262 e. The minimum absolute atomic E-state index is 0.0569. The maximum absolute atomic E-state index is 13.3. The van der Waals surface area contributed by atoms with Gasteiger partial charge in [0, 0.05) is 0 Å². The third-order valence-electron chi connectivity index (χ3n) is 4.51. The monoisotopic (exact) mass is 384 g/mol. The lowest BCUT2D eigenvalue weighted by molar-refractivity contribution is -0.136. The normalized spacial score (nSPS) is 16.2. The number of alkyl halides is 1. The number of halogens is 2. The zero-order valence-corrected chi connectivity index (χ0v) is 14.5. The highest BCUT2D eigenvalue weighted by atomic mass is 19.1. The summed E-state index contributed by atoms with van der Waals surface area (Å²) in [5.41, 5.74) is 1.19. The number of nitrogens with zero attached hydrogens (tertiary/aromatic N) is 1. The lowest BCUT2D eigenvalue weighted by Gasteiger charge is -2.19. The van der Waals surface area contributed by atoms with Crippen molar-refractivity contribution in [2.75, 3.05) is 25.1 Å². The Hall–Kier alpha value is -3.55. The van der Waals surface area contributed by atoms with Gasteiger partial charge in [0.2, 0.25) is 0 Å². The molecule has 1 N–H and O–H groups in total. The Morgan fingerprint density at radius 1 is 0.964 bits per heavy atom. The first-order valence-corrected chi connectivity index (χ1v) is 8.49. The summed E-state index contributed by atoms with van der Waals surface area (Å²) < 4.78 is 31.5. The predicted octanol–water partition coefficient (Wildman–Crippen LogP) is 2.41. The second-order valence-corrected chi connectivity index (χ2v) is 6.26. The van der Waals surface area contributed by atoms with Gasteiger partial charge in [0.25, 0.3) is 17.7 Å². The summed E-state index contributed by atoms with van der Waals surface area (Å²) in [6, 6.07) is 9.81. The molecular formula is C20H14F2N2O4. The smallest absolute Gasteiger partial charge is 0.262 e. The van der Waals surface area contributed by atoms with E-state index in [-0.39, 0.29) is 30.2 Å². The van der Waals surface area contributed by atoms with Gasteiger partial charge in [-0.2, -0.15) is 0 Å². The third kappa shape index (κ3) is 2.92. The molecule has 2 aromatic carbocycles. The number of nitrogens with one attached hydrogen (secondary N) is 1. The van der Waals surface area contributed by atoms with Crippen LogP contribution in [0.2, 0.25) is 0 Å². The summed E-state index contributed by atoms with van der Waals surface area (Å²) in [7, 11) is 0. The minimum atomic E-state index is -0.879. The first-order valence-electron chi connectivity index (χ1n) is 8.49. The number of carbonyl (C=O) groups excluding carboxylic acids is 3. The Morgan fingerprint density at radius 3 is 2.29 bits per heavy atom. The van der Waals surface area contributed by atoms with Crippen molar-refractivity contribution in [2.24, 2.45) is 0 Å². The Morgan fingerprint density at radius 2 is 1.61 bits per heavy atom. The van der Waals surface area contributed by atoms with Gasteiger partial charge < -0.3 is 10.1 Å². The van der Waals surface area contributed by atoms with Gasteiger partial charge in [0.05, 0.1) is 23.4 Å². The Bertz CT molecular complexity index is 1030. The van der Waals surface area contributed by atoms with Crippen LogP contribution >= 0.6 is 0 Å². The van der Waals surface area contributed by atoms with E-state index < -0.39 is 24.3 Å². The van der Waals surface area contributed by atoms with Crippen molar-refractivity contribution in [3.05, 3.63) is 59.4 Å². The fourth-order valence-electron chi connectivity index (χ4n) is 3.25. The molecule has 0 saturated carbocycles. The van der Waals surface area contributed by atoms with Gasteiger partial charge in [-0.25, -0.2) is 8.78 Å². The van der Waals surface area contributed by atoms with Crippen molar-refractivity contribution in [1.82, 2.24) is 4.90 Å². The average Bonchev–Trinajstić information content (AvgIpc) is 2.93. The van der Waals surface area contributed by atoms with E-state index in [1.165, 1.54) is 30.3 Å². The molecular weight excluding hydrogens is 370 g/mol. The van der Waals surface area contributed by atoms with Crippen molar-refractivity contribution in [3.63, 3.8) is 0 Å². The van der Waals surface area contributed by atoms with E-state index in [0.717, 1.165) is 4.90 Å². The Labute approximate surface area is 158 Å². The highest BCUT2D eigenvalue weighted by molar-refractivity contribution is 6.49. The summed E-state index contributed by atoms with van der Waals surface area (Å²) in [6.07, 6.45) is 0. The highest BCUT2D eigenvalue weighted by Gasteiger charge is 2.39. The molecule has 0 unspecified atom stereocenters. The fourth-order valence-corrected chi connectivity index (χ4v) is 3.25. The minimum Gasteiger partial charge on any atom is -0.482 e. The molecule has 0 spiro atoms. The van der Waals surface area contributed by atoms with Crippen LogP contribution in [0.15, 0.2) is 42.5 Å². The summed E-state index contributed by atoms with van der Waals surface area (Å²) in [6.45, 7) is -1.37.